The summed E-state index contributed by atoms with van der Waals surface area (Å²) >= 11 is 12.3. The van der Waals surface area contributed by atoms with E-state index in [2.05, 4.69) is 37.0 Å². The molecule has 3 rings (SSSR count). The zero-order valence-corrected chi connectivity index (χ0v) is 15.9. The molecular formula is C21H17Cl2N3. The van der Waals surface area contributed by atoms with E-state index in [-0.39, 0.29) is 5.82 Å². The monoisotopic (exact) mass is 381 g/mol. The number of halogens is 2. The van der Waals surface area contributed by atoms with Crippen LogP contribution in [0.25, 0.3) is 22.4 Å². The van der Waals surface area contributed by atoms with Gasteiger partial charge in [-0.2, -0.15) is 5.26 Å². The van der Waals surface area contributed by atoms with E-state index >= 15 is 0 Å². The molecule has 1 heterocycles. The maximum absolute atomic E-state index is 9.54. The molecule has 0 bridgehead atoms. The number of nitrogens with two attached hydrogens (primary N) is 1. The van der Waals surface area contributed by atoms with E-state index in [9.17, 15) is 5.26 Å². The first kappa shape index (κ1) is 18.3. The van der Waals surface area contributed by atoms with E-state index < -0.39 is 0 Å². The topological polar surface area (TPSA) is 62.7 Å². The first-order valence-electron chi connectivity index (χ1n) is 8.17. The van der Waals surface area contributed by atoms with Crippen molar-refractivity contribution in [2.45, 2.75) is 19.8 Å². The number of hydrogen-bond donors (Lipinski definition) is 1. The van der Waals surface area contributed by atoms with E-state index in [1.807, 2.05) is 18.2 Å². The van der Waals surface area contributed by atoms with Gasteiger partial charge >= 0.3 is 0 Å². The quantitative estimate of drug-likeness (QED) is 0.578. The Kier molecular flexibility index (Phi) is 5.18. The summed E-state index contributed by atoms with van der Waals surface area (Å²) in [5.41, 5.74) is 10.6. The summed E-state index contributed by atoms with van der Waals surface area (Å²) in [5.74, 6) is 0.615. The summed E-state index contributed by atoms with van der Waals surface area (Å²) in [4.78, 5) is 4.36. The fraction of sp³-hybridized carbons (Fsp3) is 0.143. The van der Waals surface area contributed by atoms with E-state index in [1.165, 1.54) is 5.56 Å². The van der Waals surface area contributed by atoms with E-state index in [0.717, 1.165) is 11.1 Å². The van der Waals surface area contributed by atoms with Crippen molar-refractivity contribution < 1.29 is 0 Å². The SMILES string of the molecule is CC(C)c1ccc(-c2cc(-c3ccc(Cl)cc3Cl)nc(N)c2C#N)cc1. The lowest BCUT2D eigenvalue weighted by molar-refractivity contribution is 0.867. The Balaban J connectivity index is 2.18. The molecule has 3 aromatic rings. The highest BCUT2D eigenvalue weighted by Gasteiger charge is 2.15. The van der Waals surface area contributed by atoms with Gasteiger partial charge in [0.25, 0.3) is 0 Å². The second kappa shape index (κ2) is 7.37. The van der Waals surface area contributed by atoms with Crippen LogP contribution in [0.2, 0.25) is 10.0 Å². The minimum Gasteiger partial charge on any atom is -0.383 e. The van der Waals surface area contributed by atoms with Crippen molar-refractivity contribution in [1.29, 1.82) is 5.26 Å². The fourth-order valence-corrected chi connectivity index (χ4v) is 3.30. The molecule has 0 amide bonds. The molecule has 130 valence electrons. The highest BCUT2D eigenvalue weighted by atomic mass is 35.5. The van der Waals surface area contributed by atoms with E-state index in [1.54, 1.807) is 18.2 Å². The van der Waals surface area contributed by atoms with Gasteiger partial charge in [-0.15, -0.1) is 0 Å². The molecule has 2 aromatic carbocycles. The highest BCUT2D eigenvalue weighted by molar-refractivity contribution is 6.36. The van der Waals surface area contributed by atoms with Gasteiger partial charge < -0.3 is 5.73 Å². The molecule has 0 aliphatic rings. The zero-order valence-electron chi connectivity index (χ0n) is 14.4. The molecule has 0 aliphatic carbocycles. The van der Waals surface area contributed by atoms with Crippen LogP contribution >= 0.6 is 23.2 Å². The fourth-order valence-electron chi connectivity index (χ4n) is 2.79. The summed E-state index contributed by atoms with van der Waals surface area (Å²) in [6, 6.07) is 17.3. The molecule has 0 aliphatic heterocycles. The first-order valence-corrected chi connectivity index (χ1v) is 8.92. The Hall–Kier alpha value is -2.54. The number of rotatable bonds is 3. The lowest BCUT2D eigenvalue weighted by atomic mass is 9.95. The van der Waals surface area contributed by atoms with Gasteiger partial charge in [-0.1, -0.05) is 61.3 Å². The standard InChI is InChI=1S/C21H17Cl2N3/c1-12(2)13-3-5-14(6-4-13)17-10-20(26-21(25)18(17)11-24)16-8-7-15(22)9-19(16)23/h3-10,12H,1-2H3,(H2,25,26). The summed E-state index contributed by atoms with van der Waals surface area (Å²) in [7, 11) is 0. The predicted octanol–water partition coefficient (Wildman–Crippen LogP) is 6.30. The van der Waals surface area contributed by atoms with Gasteiger partial charge in [0.05, 0.1) is 10.7 Å². The van der Waals surface area contributed by atoms with E-state index in [0.29, 0.717) is 32.8 Å². The van der Waals surface area contributed by atoms with Crippen LogP contribution in [0.1, 0.15) is 30.9 Å². The van der Waals surface area contributed by atoms with Gasteiger partial charge in [-0.05, 0) is 41.3 Å². The number of hydrogen-bond acceptors (Lipinski definition) is 3. The van der Waals surface area contributed by atoms with Gasteiger partial charge in [-0.25, -0.2) is 4.98 Å². The highest BCUT2D eigenvalue weighted by Crippen LogP contribution is 2.35. The molecule has 3 nitrogen and oxygen atoms in total. The lowest BCUT2D eigenvalue weighted by Gasteiger charge is -2.12. The van der Waals surface area contributed by atoms with Crippen LogP contribution in [0.5, 0.6) is 0 Å². The van der Waals surface area contributed by atoms with Crippen molar-refractivity contribution >= 4 is 29.0 Å². The molecule has 5 heteroatoms. The third kappa shape index (κ3) is 3.53. The largest absolute Gasteiger partial charge is 0.383 e. The molecule has 0 atom stereocenters. The summed E-state index contributed by atoms with van der Waals surface area (Å²) in [5, 5.41) is 10.6. The van der Waals surface area contributed by atoms with Crippen LogP contribution < -0.4 is 5.73 Å². The van der Waals surface area contributed by atoms with Crippen molar-refractivity contribution in [2.24, 2.45) is 0 Å². The van der Waals surface area contributed by atoms with Crippen molar-refractivity contribution in [2.75, 3.05) is 5.73 Å². The number of anilines is 1. The van der Waals surface area contributed by atoms with Crippen molar-refractivity contribution in [3.63, 3.8) is 0 Å². The van der Waals surface area contributed by atoms with Gasteiger partial charge in [0, 0.05) is 16.1 Å². The molecule has 0 fully saturated rings. The second-order valence-electron chi connectivity index (χ2n) is 6.33. The summed E-state index contributed by atoms with van der Waals surface area (Å²) < 4.78 is 0. The third-order valence-corrected chi connectivity index (χ3v) is 4.80. The van der Waals surface area contributed by atoms with Crippen LogP contribution in [-0.4, -0.2) is 4.98 Å². The maximum atomic E-state index is 9.54. The predicted molar refractivity (Wildman–Crippen MR) is 108 cm³/mol. The minimum atomic E-state index is 0.180. The number of nitrogen functional groups attached to an aromatic ring is 1. The Bertz CT molecular complexity index is 1000. The van der Waals surface area contributed by atoms with Crippen LogP contribution in [0.15, 0.2) is 48.5 Å². The summed E-state index contributed by atoms with van der Waals surface area (Å²) in [6.45, 7) is 4.28. The average molecular weight is 382 g/mol. The van der Waals surface area contributed by atoms with E-state index in [4.69, 9.17) is 28.9 Å². The Morgan fingerprint density at radius 2 is 1.69 bits per heavy atom. The number of aromatic nitrogens is 1. The molecule has 0 saturated carbocycles. The number of nitriles is 1. The Labute approximate surface area is 163 Å². The summed E-state index contributed by atoms with van der Waals surface area (Å²) in [6.07, 6.45) is 0. The average Bonchev–Trinajstić information content (AvgIpc) is 2.61. The molecule has 26 heavy (non-hydrogen) atoms. The minimum absolute atomic E-state index is 0.180. The van der Waals surface area contributed by atoms with Crippen LogP contribution in [0.4, 0.5) is 5.82 Å². The maximum Gasteiger partial charge on any atom is 0.142 e. The number of nitrogens with zero attached hydrogens (tertiary/aromatic N) is 2. The van der Waals surface area contributed by atoms with Crippen LogP contribution in [-0.2, 0) is 0 Å². The molecule has 1 aromatic heterocycles. The molecule has 0 radical (unpaired) electrons. The third-order valence-electron chi connectivity index (χ3n) is 4.25. The van der Waals surface area contributed by atoms with Crippen LogP contribution in [0, 0.1) is 11.3 Å². The van der Waals surface area contributed by atoms with Gasteiger partial charge in [0.15, 0.2) is 0 Å². The Morgan fingerprint density at radius 3 is 2.27 bits per heavy atom. The number of benzene rings is 2. The normalized spacial score (nSPS) is 10.8. The van der Waals surface area contributed by atoms with Crippen LogP contribution in [0.3, 0.4) is 0 Å². The smallest absolute Gasteiger partial charge is 0.142 e. The van der Waals surface area contributed by atoms with Gasteiger partial charge in [0.1, 0.15) is 17.5 Å². The molecule has 0 unspecified atom stereocenters. The van der Waals surface area contributed by atoms with Crippen molar-refractivity contribution in [3.05, 3.63) is 69.7 Å². The lowest BCUT2D eigenvalue weighted by Crippen LogP contribution is -2.00. The van der Waals surface area contributed by atoms with Crippen molar-refractivity contribution in [1.82, 2.24) is 4.98 Å². The molecule has 0 spiro atoms. The Morgan fingerprint density at radius 1 is 1.00 bits per heavy atom. The zero-order chi connectivity index (χ0) is 18.8. The molecule has 0 saturated heterocycles. The first-order chi connectivity index (χ1) is 12.4. The van der Waals surface area contributed by atoms with Gasteiger partial charge in [0.2, 0.25) is 0 Å². The second-order valence-corrected chi connectivity index (χ2v) is 7.17. The number of pyridine rings is 1. The molecular weight excluding hydrogens is 365 g/mol. The van der Waals surface area contributed by atoms with Gasteiger partial charge in [-0.3, -0.25) is 0 Å². The van der Waals surface area contributed by atoms with Crippen molar-refractivity contribution in [3.8, 4) is 28.5 Å². The molecule has 2 N–H and O–H groups in total.